The first-order valence-electron chi connectivity index (χ1n) is 13.0. The van der Waals surface area contributed by atoms with Crippen LogP contribution in [-0.4, -0.2) is 20.4 Å². The van der Waals surface area contributed by atoms with Crippen LogP contribution in [0.4, 0.5) is 5.69 Å². The van der Waals surface area contributed by atoms with Crippen LogP contribution in [0.1, 0.15) is 52.7 Å². The quantitative estimate of drug-likeness (QED) is 0.120. The Bertz CT molecular complexity index is 1440. The zero-order valence-corrected chi connectivity index (χ0v) is 25.8. The van der Waals surface area contributed by atoms with E-state index < -0.39 is 0 Å². The normalized spacial score (nSPS) is 11.1. The summed E-state index contributed by atoms with van der Waals surface area (Å²) in [6.07, 6.45) is 2.99. The molecule has 5 nitrogen and oxygen atoms in total. The van der Waals surface area contributed by atoms with E-state index in [4.69, 9.17) is 16.7 Å². The van der Waals surface area contributed by atoms with E-state index in [2.05, 4.69) is 79.6 Å². The smallest absolute Gasteiger partial charge is 0.187 e. The van der Waals surface area contributed by atoms with E-state index in [-0.39, 0.29) is 31.6 Å². The Balaban J connectivity index is 0.000000592. The molecular weight excluding hydrogens is 663 g/mol. The number of carbonyl (C=O) groups excluding carboxylic acids is 1. The first kappa shape index (κ1) is 31.7. The van der Waals surface area contributed by atoms with Crippen LogP contribution in [0.15, 0.2) is 72.5 Å². The van der Waals surface area contributed by atoms with E-state index in [0.29, 0.717) is 17.5 Å². The van der Waals surface area contributed by atoms with Gasteiger partial charge in [0.05, 0.1) is 29.2 Å². The van der Waals surface area contributed by atoms with Crippen molar-refractivity contribution in [3.8, 4) is 17.1 Å². The minimum absolute atomic E-state index is 0. The van der Waals surface area contributed by atoms with Gasteiger partial charge in [-0.15, -0.1) is 35.9 Å². The van der Waals surface area contributed by atoms with Gasteiger partial charge in [-0.05, 0) is 61.8 Å². The molecule has 0 saturated carbocycles. The van der Waals surface area contributed by atoms with E-state index >= 15 is 0 Å². The molecule has 0 spiro atoms. The van der Waals surface area contributed by atoms with Crippen LogP contribution in [0.5, 0.6) is 0 Å². The van der Waals surface area contributed by atoms with Crippen LogP contribution in [-0.2, 0) is 37.7 Å². The third kappa shape index (κ3) is 8.48. The second-order valence-electron chi connectivity index (χ2n) is 10.4. The standard InChI is InChI=1S/C28H28N3.C5H8O2.Ir/c1-19(2)15-22-17-24(29-5)18-23(16-20(3)4)27(22)31-26-14-10-9-13-25(26)30-28(31)21-11-7-6-8-12-21;1-4(6)3-5(2)7;/h6-11,13-14,17-20H,15-16H2,1-4H3;3,6H,1-2H3;/q-1;;. The third-order valence-corrected chi connectivity index (χ3v) is 5.78. The molecule has 0 amide bonds. The van der Waals surface area contributed by atoms with E-state index in [1.807, 2.05) is 24.3 Å². The molecule has 0 atom stereocenters. The maximum absolute atomic E-state index is 10.0. The number of para-hydroxylation sites is 2. The Kier molecular flexibility index (Phi) is 11.9. The fraction of sp³-hybridized carbons (Fsp3) is 0.303. The molecule has 0 unspecified atom stereocenters. The summed E-state index contributed by atoms with van der Waals surface area (Å²) >= 11 is 0. The van der Waals surface area contributed by atoms with Crippen LogP contribution in [0.25, 0.3) is 33.0 Å². The Labute approximate surface area is 245 Å². The van der Waals surface area contributed by atoms with Gasteiger partial charge in [-0.1, -0.05) is 52.0 Å². The fourth-order valence-electron chi connectivity index (χ4n) is 4.54. The summed E-state index contributed by atoms with van der Waals surface area (Å²) in [6, 6.07) is 23.8. The maximum atomic E-state index is 10.0. The second kappa shape index (κ2) is 14.6. The number of benzene rings is 3. The molecule has 0 fully saturated rings. The van der Waals surface area contributed by atoms with Gasteiger partial charge in [0.1, 0.15) is 0 Å². The van der Waals surface area contributed by atoms with Crippen molar-refractivity contribution in [2.75, 3.05) is 0 Å². The van der Waals surface area contributed by atoms with Crippen molar-refractivity contribution in [2.24, 2.45) is 11.8 Å². The van der Waals surface area contributed by atoms with Gasteiger partial charge in [0.15, 0.2) is 11.5 Å². The van der Waals surface area contributed by atoms with Crippen molar-refractivity contribution in [2.45, 2.75) is 54.4 Å². The van der Waals surface area contributed by atoms with Gasteiger partial charge < -0.3 is 9.67 Å². The Morgan fingerprint density at radius 2 is 1.62 bits per heavy atom. The Morgan fingerprint density at radius 1 is 1.03 bits per heavy atom. The fourth-order valence-corrected chi connectivity index (χ4v) is 4.54. The Morgan fingerprint density at radius 3 is 2.08 bits per heavy atom. The topological polar surface area (TPSA) is 59.5 Å². The van der Waals surface area contributed by atoms with Crippen LogP contribution >= 0.6 is 0 Å². The van der Waals surface area contributed by atoms with Crippen molar-refractivity contribution in [3.05, 3.63) is 101 Å². The Hall–Kier alpha value is -3.52. The molecule has 1 N–H and O–H groups in total. The minimum atomic E-state index is -0.125. The average Bonchev–Trinajstić information content (AvgIpc) is 3.22. The number of aliphatic hydroxyl groups is 1. The molecule has 0 aliphatic rings. The van der Waals surface area contributed by atoms with Crippen LogP contribution in [0.2, 0.25) is 0 Å². The molecule has 0 bridgehead atoms. The zero-order chi connectivity index (χ0) is 27.8. The number of rotatable bonds is 7. The number of hydrogen-bond donors (Lipinski definition) is 1. The summed E-state index contributed by atoms with van der Waals surface area (Å²) in [6.45, 7) is 19.4. The van der Waals surface area contributed by atoms with Gasteiger partial charge in [0.25, 0.3) is 0 Å². The molecule has 0 saturated heterocycles. The van der Waals surface area contributed by atoms with Crippen LogP contribution in [0.3, 0.4) is 0 Å². The summed E-state index contributed by atoms with van der Waals surface area (Å²) < 4.78 is 2.30. The van der Waals surface area contributed by atoms with Gasteiger partial charge >= 0.3 is 0 Å². The van der Waals surface area contributed by atoms with Crippen molar-refractivity contribution in [1.82, 2.24) is 9.55 Å². The number of nitrogens with zero attached hydrogens (tertiary/aromatic N) is 3. The molecule has 39 heavy (non-hydrogen) atoms. The molecular formula is C33H36IrN3O2-. The van der Waals surface area contributed by atoms with Gasteiger partial charge in [-0.3, -0.25) is 9.78 Å². The summed E-state index contributed by atoms with van der Waals surface area (Å²) in [5, 5.41) is 8.36. The molecule has 1 aromatic heterocycles. The van der Waals surface area contributed by atoms with E-state index in [1.165, 1.54) is 36.7 Å². The minimum Gasteiger partial charge on any atom is -0.512 e. The van der Waals surface area contributed by atoms with Gasteiger partial charge in [0.2, 0.25) is 0 Å². The SMILES string of the molecule is CC(=O)C=C(C)O.[C-]#[N+]c1cc(CC(C)C)c(-n2c(-c3[c-]cccc3)nc3ccccc32)c(CC(C)C)c1.[Ir]. The molecule has 0 aliphatic carbocycles. The molecule has 6 heteroatoms. The van der Waals surface area contributed by atoms with E-state index in [0.717, 1.165) is 35.3 Å². The zero-order valence-electron chi connectivity index (χ0n) is 23.5. The van der Waals surface area contributed by atoms with Crippen molar-refractivity contribution >= 4 is 22.5 Å². The monoisotopic (exact) mass is 699 g/mol. The molecule has 3 aromatic carbocycles. The molecule has 4 rings (SSSR count). The van der Waals surface area contributed by atoms with Crippen LogP contribution < -0.4 is 0 Å². The number of aliphatic hydroxyl groups excluding tert-OH is 1. The maximum Gasteiger partial charge on any atom is 0.187 e. The number of ketones is 1. The molecule has 1 radical (unpaired) electrons. The predicted molar refractivity (Wildman–Crippen MR) is 156 cm³/mol. The molecule has 1 heterocycles. The number of imidazole rings is 1. The first-order valence-corrected chi connectivity index (χ1v) is 13.0. The average molecular weight is 699 g/mol. The van der Waals surface area contributed by atoms with Crippen molar-refractivity contribution in [3.63, 3.8) is 0 Å². The summed E-state index contributed by atoms with van der Waals surface area (Å²) in [4.78, 5) is 18.8. The van der Waals surface area contributed by atoms with Gasteiger partial charge in [-0.2, -0.15) is 0 Å². The number of fused-ring (bicyclic) bond motifs is 1. The molecule has 205 valence electrons. The largest absolute Gasteiger partial charge is 0.512 e. The van der Waals surface area contributed by atoms with Crippen LogP contribution in [0, 0.1) is 24.5 Å². The number of carbonyl (C=O) groups is 1. The molecule has 4 aromatic rings. The van der Waals surface area contributed by atoms with Crippen molar-refractivity contribution in [1.29, 1.82) is 0 Å². The third-order valence-electron chi connectivity index (χ3n) is 5.78. The van der Waals surface area contributed by atoms with Gasteiger partial charge in [0, 0.05) is 31.9 Å². The summed E-state index contributed by atoms with van der Waals surface area (Å²) in [5.41, 5.74) is 7.33. The summed E-state index contributed by atoms with van der Waals surface area (Å²) in [7, 11) is 0. The van der Waals surface area contributed by atoms with Gasteiger partial charge in [-0.25, -0.2) is 4.85 Å². The number of hydrogen-bond acceptors (Lipinski definition) is 3. The second-order valence-corrected chi connectivity index (χ2v) is 10.4. The number of aromatic nitrogens is 2. The summed E-state index contributed by atoms with van der Waals surface area (Å²) in [5.74, 6) is 1.79. The van der Waals surface area contributed by atoms with E-state index in [1.54, 1.807) is 0 Å². The number of allylic oxidation sites excluding steroid dienone is 2. The van der Waals surface area contributed by atoms with E-state index in [9.17, 15) is 4.79 Å². The van der Waals surface area contributed by atoms with Crippen molar-refractivity contribution < 1.29 is 30.0 Å². The first-order chi connectivity index (χ1) is 18.1. The predicted octanol–water partition coefficient (Wildman–Crippen LogP) is 8.48. The molecule has 0 aliphatic heterocycles.